The Labute approximate surface area is 107 Å². The van der Waals surface area contributed by atoms with E-state index in [4.69, 9.17) is 0 Å². The maximum absolute atomic E-state index is 13.4. The Hall–Kier alpha value is -0.740. The van der Waals surface area contributed by atoms with Gasteiger partial charge in [-0.3, -0.25) is 4.79 Å². The Morgan fingerprint density at radius 3 is 1.61 bits per heavy atom. The summed E-state index contributed by atoms with van der Waals surface area (Å²) in [5.74, 6) is -1.79. The number of carbonyl (C=O) groups is 1. The summed E-state index contributed by atoms with van der Waals surface area (Å²) in [6, 6.07) is 0. The minimum Gasteiger partial charge on any atom is -0.481 e. The lowest BCUT2D eigenvalue weighted by Gasteiger charge is -2.46. The average molecular weight is 268 g/mol. The van der Waals surface area contributed by atoms with Crippen LogP contribution in [0.15, 0.2) is 0 Å². The molecule has 2 nitrogen and oxygen atoms in total. The Bertz CT molecular complexity index is 297. The van der Waals surface area contributed by atoms with Gasteiger partial charge in [0.15, 0.2) is 5.41 Å². The van der Waals surface area contributed by atoms with Gasteiger partial charge in [-0.2, -0.15) is 13.2 Å². The molecule has 0 spiro atoms. The number of carboxylic acids is 1. The molecule has 0 aliphatic heterocycles. The lowest BCUT2D eigenvalue weighted by molar-refractivity contribution is -0.267. The van der Waals surface area contributed by atoms with E-state index in [2.05, 4.69) is 0 Å². The van der Waals surface area contributed by atoms with Crippen LogP contribution in [0.25, 0.3) is 0 Å². The van der Waals surface area contributed by atoms with Crippen LogP contribution < -0.4 is 0 Å². The predicted octanol–water partition coefficient (Wildman–Crippen LogP) is 4.49. The SMILES string of the molecule is CCC(C)(C)CC(C(=O)O)(C(C)(C)C)C(F)(F)F. The first kappa shape index (κ1) is 17.3. The van der Waals surface area contributed by atoms with Gasteiger partial charge in [0.1, 0.15) is 0 Å². The molecule has 0 radical (unpaired) electrons. The molecule has 0 aromatic rings. The van der Waals surface area contributed by atoms with Crippen LogP contribution in [0.5, 0.6) is 0 Å². The molecule has 0 rings (SSSR count). The molecule has 0 saturated heterocycles. The lowest BCUT2D eigenvalue weighted by Crippen LogP contribution is -2.55. The van der Waals surface area contributed by atoms with Crippen molar-refractivity contribution >= 4 is 5.97 Å². The second kappa shape index (κ2) is 4.74. The molecule has 5 heteroatoms. The van der Waals surface area contributed by atoms with Gasteiger partial charge in [-0.15, -0.1) is 0 Å². The summed E-state index contributed by atoms with van der Waals surface area (Å²) < 4.78 is 40.2. The molecular weight excluding hydrogens is 245 g/mol. The molecule has 0 aromatic heterocycles. The fraction of sp³-hybridized carbons (Fsp3) is 0.923. The maximum atomic E-state index is 13.4. The number of halogens is 3. The number of rotatable bonds is 4. The predicted molar refractivity (Wildman–Crippen MR) is 64.3 cm³/mol. The van der Waals surface area contributed by atoms with Gasteiger partial charge < -0.3 is 5.11 Å². The van der Waals surface area contributed by atoms with Crippen LogP contribution in [0, 0.1) is 16.2 Å². The summed E-state index contributed by atoms with van der Waals surface area (Å²) in [6.45, 7) is 9.11. The molecule has 1 unspecified atom stereocenters. The molecule has 0 aliphatic rings. The van der Waals surface area contributed by atoms with Crippen molar-refractivity contribution in [3.05, 3.63) is 0 Å². The van der Waals surface area contributed by atoms with Crippen molar-refractivity contribution in [1.29, 1.82) is 0 Å². The van der Waals surface area contributed by atoms with Crippen molar-refractivity contribution in [2.24, 2.45) is 16.2 Å². The summed E-state index contributed by atoms with van der Waals surface area (Å²) in [6.07, 6.45) is -4.70. The third kappa shape index (κ3) is 2.98. The molecule has 1 N–H and O–H groups in total. The van der Waals surface area contributed by atoms with Crippen LogP contribution in [0.4, 0.5) is 13.2 Å². The smallest absolute Gasteiger partial charge is 0.405 e. The summed E-state index contributed by atoms with van der Waals surface area (Å²) in [7, 11) is 0. The Morgan fingerprint density at radius 1 is 1.06 bits per heavy atom. The van der Waals surface area contributed by atoms with Gasteiger partial charge in [-0.25, -0.2) is 0 Å². The van der Waals surface area contributed by atoms with E-state index in [1.165, 1.54) is 20.8 Å². The molecule has 0 aliphatic carbocycles. The Kier molecular flexibility index (Phi) is 4.55. The molecule has 0 amide bonds. The van der Waals surface area contributed by atoms with Crippen LogP contribution in [-0.4, -0.2) is 17.3 Å². The number of aliphatic carboxylic acids is 1. The van der Waals surface area contributed by atoms with E-state index in [-0.39, 0.29) is 0 Å². The van der Waals surface area contributed by atoms with Crippen LogP contribution in [0.1, 0.15) is 54.4 Å². The highest BCUT2D eigenvalue weighted by Crippen LogP contribution is 2.57. The van der Waals surface area contributed by atoms with Crippen LogP contribution in [0.3, 0.4) is 0 Å². The van der Waals surface area contributed by atoms with Crippen molar-refractivity contribution in [3.63, 3.8) is 0 Å². The van der Waals surface area contributed by atoms with Gasteiger partial charge in [-0.1, -0.05) is 48.0 Å². The molecule has 0 saturated carbocycles. The van der Waals surface area contributed by atoms with Gasteiger partial charge in [-0.05, 0) is 17.3 Å². The van der Waals surface area contributed by atoms with E-state index < -0.39 is 34.8 Å². The second-order valence-electron chi connectivity index (χ2n) is 6.65. The van der Waals surface area contributed by atoms with Gasteiger partial charge in [0.05, 0.1) is 0 Å². The highest BCUT2D eigenvalue weighted by molar-refractivity contribution is 5.77. The van der Waals surface area contributed by atoms with Crippen molar-refractivity contribution in [3.8, 4) is 0 Å². The molecule has 0 heterocycles. The topological polar surface area (TPSA) is 37.3 Å². The standard InChI is InChI=1S/C13H23F3O2/c1-7-11(5,6)8-12(9(17)18,10(2,3)4)13(14,15)16/h7-8H2,1-6H3,(H,17,18). The van der Waals surface area contributed by atoms with Gasteiger partial charge in [0.25, 0.3) is 0 Å². The third-order valence-corrected chi connectivity index (χ3v) is 3.83. The van der Waals surface area contributed by atoms with Gasteiger partial charge >= 0.3 is 12.1 Å². The minimum atomic E-state index is -4.77. The highest BCUT2D eigenvalue weighted by Gasteiger charge is 2.67. The first-order chi connectivity index (χ1) is 7.71. The molecule has 0 aromatic carbocycles. The van der Waals surface area contributed by atoms with Crippen LogP contribution in [-0.2, 0) is 4.79 Å². The first-order valence-electron chi connectivity index (χ1n) is 6.01. The number of hydrogen-bond acceptors (Lipinski definition) is 1. The highest BCUT2D eigenvalue weighted by atomic mass is 19.4. The normalized spacial score (nSPS) is 17.4. The molecule has 108 valence electrons. The molecule has 18 heavy (non-hydrogen) atoms. The van der Waals surface area contributed by atoms with E-state index in [0.717, 1.165) is 0 Å². The maximum Gasteiger partial charge on any atom is 0.405 e. The summed E-state index contributed by atoms with van der Waals surface area (Å²) in [4.78, 5) is 11.4. The average Bonchev–Trinajstić information content (AvgIpc) is 2.09. The lowest BCUT2D eigenvalue weighted by atomic mass is 9.59. The summed E-state index contributed by atoms with van der Waals surface area (Å²) in [5.41, 5.74) is -4.80. The van der Waals surface area contributed by atoms with Gasteiger partial charge in [0.2, 0.25) is 0 Å². The van der Waals surface area contributed by atoms with E-state index in [0.29, 0.717) is 6.42 Å². The number of hydrogen-bond donors (Lipinski definition) is 1. The number of alkyl halides is 3. The zero-order valence-corrected chi connectivity index (χ0v) is 11.9. The quantitative estimate of drug-likeness (QED) is 0.815. The first-order valence-corrected chi connectivity index (χ1v) is 6.01. The summed E-state index contributed by atoms with van der Waals surface area (Å²) >= 11 is 0. The van der Waals surface area contributed by atoms with Gasteiger partial charge in [0, 0.05) is 0 Å². The molecular formula is C13H23F3O2. The van der Waals surface area contributed by atoms with Crippen molar-refractivity contribution in [2.45, 2.75) is 60.6 Å². The molecule has 1 atom stereocenters. The summed E-state index contributed by atoms with van der Waals surface area (Å²) in [5, 5.41) is 9.23. The van der Waals surface area contributed by atoms with E-state index in [1.807, 2.05) is 0 Å². The Morgan fingerprint density at radius 2 is 1.44 bits per heavy atom. The Balaban J connectivity index is 5.91. The van der Waals surface area contributed by atoms with Crippen molar-refractivity contribution in [1.82, 2.24) is 0 Å². The molecule has 0 fully saturated rings. The van der Waals surface area contributed by atoms with Crippen LogP contribution >= 0.6 is 0 Å². The fourth-order valence-electron chi connectivity index (χ4n) is 2.15. The van der Waals surface area contributed by atoms with E-state index in [9.17, 15) is 23.1 Å². The van der Waals surface area contributed by atoms with E-state index in [1.54, 1.807) is 20.8 Å². The van der Waals surface area contributed by atoms with Crippen molar-refractivity contribution < 1.29 is 23.1 Å². The minimum absolute atomic E-state index is 0.418. The monoisotopic (exact) mass is 268 g/mol. The second-order valence-corrected chi connectivity index (χ2v) is 6.65. The number of carboxylic acid groups (broad SMARTS) is 1. The largest absolute Gasteiger partial charge is 0.481 e. The zero-order valence-electron chi connectivity index (χ0n) is 11.9. The third-order valence-electron chi connectivity index (χ3n) is 3.83. The zero-order chi connectivity index (χ0) is 15.0. The van der Waals surface area contributed by atoms with E-state index >= 15 is 0 Å². The molecule has 0 bridgehead atoms. The fourth-order valence-corrected chi connectivity index (χ4v) is 2.15. The van der Waals surface area contributed by atoms with Crippen LogP contribution in [0.2, 0.25) is 0 Å². The van der Waals surface area contributed by atoms with Crippen molar-refractivity contribution in [2.75, 3.05) is 0 Å².